The summed E-state index contributed by atoms with van der Waals surface area (Å²) in [5.74, 6) is 1.92. The Hall–Kier alpha value is -2.12. The molecule has 0 bridgehead atoms. The molecule has 28 heavy (non-hydrogen) atoms. The normalized spacial score (nSPS) is 23.3. The number of hydrogen-bond acceptors (Lipinski definition) is 5. The van der Waals surface area contributed by atoms with Crippen LogP contribution in [0.4, 0.5) is 4.79 Å². The summed E-state index contributed by atoms with van der Waals surface area (Å²) in [6.45, 7) is 7.36. The van der Waals surface area contributed by atoms with Gasteiger partial charge in [-0.25, -0.2) is 9.78 Å². The molecule has 7 nitrogen and oxygen atoms in total. The first kappa shape index (κ1) is 19.2. The Kier molecular flexibility index (Phi) is 5.82. The zero-order chi connectivity index (χ0) is 19.5. The molecule has 0 radical (unpaired) electrons. The van der Waals surface area contributed by atoms with Gasteiger partial charge in [0.25, 0.3) is 0 Å². The van der Waals surface area contributed by atoms with Crippen molar-refractivity contribution in [3.63, 3.8) is 0 Å². The molecule has 2 aliphatic rings. The van der Waals surface area contributed by atoms with Crippen molar-refractivity contribution in [2.45, 2.75) is 57.5 Å². The summed E-state index contributed by atoms with van der Waals surface area (Å²) in [6, 6.07) is 6.42. The van der Waals surface area contributed by atoms with Gasteiger partial charge in [0.1, 0.15) is 11.3 Å². The highest BCUT2D eigenvalue weighted by Gasteiger charge is 2.26. The van der Waals surface area contributed by atoms with Crippen LogP contribution in [0.5, 0.6) is 5.75 Å². The molecule has 2 aliphatic heterocycles. The number of ether oxygens (including phenoxy) is 1. The number of nitrogens with zero attached hydrogens (tertiary/aromatic N) is 3. The van der Waals surface area contributed by atoms with Crippen molar-refractivity contribution in [1.82, 2.24) is 19.8 Å². The lowest BCUT2D eigenvalue weighted by Gasteiger charge is -2.35. The summed E-state index contributed by atoms with van der Waals surface area (Å²) >= 11 is 0. The van der Waals surface area contributed by atoms with E-state index in [9.17, 15) is 4.79 Å². The molecule has 2 unspecified atom stereocenters. The number of likely N-dealkylation sites (tertiary alicyclic amines) is 1. The number of fused-ring (bicyclic) bond motifs is 1. The number of carbonyl (C=O) groups excluding carboxylic acids is 1. The Morgan fingerprint density at radius 3 is 2.96 bits per heavy atom. The van der Waals surface area contributed by atoms with E-state index in [4.69, 9.17) is 15.5 Å². The number of aromatic nitrogens is 2. The minimum absolute atomic E-state index is 0.386. The van der Waals surface area contributed by atoms with E-state index in [1.165, 1.54) is 32.2 Å². The highest BCUT2D eigenvalue weighted by atomic mass is 16.5. The average Bonchev–Trinajstić information content (AvgIpc) is 3.34. The Morgan fingerprint density at radius 1 is 1.32 bits per heavy atom. The molecule has 1 amide bonds. The third kappa shape index (κ3) is 3.86. The van der Waals surface area contributed by atoms with Crippen molar-refractivity contribution in [2.75, 3.05) is 26.2 Å². The molecule has 2 fully saturated rings. The van der Waals surface area contributed by atoms with Gasteiger partial charge in [-0.3, -0.25) is 4.90 Å². The minimum atomic E-state index is -0.801. The fourth-order valence-electron chi connectivity index (χ4n) is 4.80. The van der Waals surface area contributed by atoms with E-state index >= 15 is 0 Å². The van der Waals surface area contributed by atoms with Crippen molar-refractivity contribution in [1.29, 1.82) is 0 Å². The number of nitrogens with one attached hydrogen (secondary N) is 1. The smallest absolute Gasteiger partial charge is 0.408 e. The molecule has 3 N–H and O–H groups in total. The van der Waals surface area contributed by atoms with Crippen LogP contribution in [-0.4, -0.2) is 52.8 Å². The van der Waals surface area contributed by atoms with Crippen molar-refractivity contribution in [2.24, 2.45) is 5.73 Å². The second kappa shape index (κ2) is 8.49. The Labute approximate surface area is 166 Å². The predicted molar refractivity (Wildman–Crippen MR) is 110 cm³/mol. The number of benzene rings is 1. The van der Waals surface area contributed by atoms with Crippen LogP contribution < -0.4 is 15.8 Å². The van der Waals surface area contributed by atoms with E-state index in [1.54, 1.807) is 6.07 Å². The van der Waals surface area contributed by atoms with Crippen LogP contribution in [0, 0.1) is 0 Å². The SMILES string of the molecule is CCC1CCCCN1CCn1c(C2CCNC2)nc2c(OC(N)=O)cccc21. The number of para-hydroxylation sites is 1. The number of piperidine rings is 1. The molecule has 0 saturated carbocycles. The summed E-state index contributed by atoms with van der Waals surface area (Å²) in [6.07, 6.45) is 5.42. The lowest BCUT2D eigenvalue weighted by atomic mass is 10.0. The number of hydrogen-bond donors (Lipinski definition) is 2. The maximum absolute atomic E-state index is 11.3. The van der Waals surface area contributed by atoms with Crippen LogP contribution in [0.15, 0.2) is 18.2 Å². The maximum Gasteiger partial charge on any atom is 0.410 e. The minimum Gasteiger partial charge on any atom is -0.408 e. The van der Waals surface area contributed by atoms with Gasteiger partial charge in [0.05, 0.1) is 5.52 Å². The van der Waals surface area contributed by atoms with E-state index in [-0.39, 0.29) is 0 Å². The van der Waals surface area contributed by atoms with Gasteiger partial charge in [-0.05, 0) is 50.9 Å². The van der Waals surface area contributed by atoms with E-state index in [2.05, 4.69) is 27.8 Å². The summed E-state index contributed by atoms with van der Waals surface area (Å²) in [4.78, 5) is 18.9. The van der Waals surface area contributed by atoms with Gasteiger partial charge in [0, 0.05) is 31.6 Å². The number of carbonyl (C=O) groups is 1. The molecular formula is C21H31N5O2. The van der Waals surface area contributed by atoms with Crippen LogP contribution in [0.2, 0.25) is 0 Å². The van der Waals surface area contributed by atoms with Crippen molar-refractivity contribution >= 4 is 17.1 Å². The Morgan fingerprint density at radius 2 is 2.21 bits per heavy atom. The van der Waals surface area contributed by atoms with E-state index in [0.717, 1.165) is 49.5 Å². The highest BCUT2D eigenvalue weighted by molar-refractivity contribution is 5.85. The monoisotopic (exact) mass is 385 g/mol. The average molecular weight is 386 g/mol. The third-order valence-electron chi connectivity index (χ3n) is 6.24. The van der Waals surface area contributed by atoms with Gasteiger partial charge in [0.15, 0.2) is 5.75 Å². The topological polar surface area (TPSA) is 85.4 Å². The predicted octanol–water partition coefficient (Wildman–Crippen LogP) is 2.84. The standard InChI is InChI=1S/C21H31N5O2/c1-2-16-6-3-4-11-25(16)12-13-26-17-7-5-8-18(28-21(22)27)19(17)24-20(26)15-9-10-23-14-15/h5,7-8,15-16,23H,2-4,6,9-14H2,1H3,(H2,22,27). The van der Waals surface area contributed by atoms with E-state index in [0.29, 0.717) is 17.7 Å². The zero-order valence-electron chi connectivity index (χ0n) is 16.7. The van der Waals surface area contributed by atoms with Crippen LogP contribution >= 0.6 is 0 Å². The quantitative estimate of drug-likeness (QED) is 0.799. The molecule has 2 atom stereocenters. The van der Waals surface area contributed by atoms with Crippen LogP contribution in [0.25, 0.3) is 11.0 Å². The summed E-state index contributed by atoms with van der Waals surface area (Å²) < 4.78 is 7.56. The summed E-state index contributed by atoms with van der Waals surface area (Å²) in [7, 11) is 0. The molecule has 0 aliphatic carbocycles. The molecule has 2 saturated heterocycles. The van der Waals surface area contributed by atoms with Crippen LogP contribution in [0.1, 0.15) is 50.8 Å². The lowest BCUT2D eigenvalue weighted by Crippen LogP contribution is -2.41. The summed E-state index contributed by atoms with van der Waals surface area (Å²) in [5.41, 5.74) is 7.01. The van der Waals surface area contributed by atoms with Crippen molar-refractivity contribution < 1.29 is 9.53 Å². The van der Waals surface area contributed by atoms with Crippen LogP contribution in [0.3, 0.4) is 0 Å². The maximum atomic E-state index is 11.3. The molecule has 1 aromatic heterocycles. The highest BCUT2D eigenvalue weighted by Crippen LogP contribution is 2.31. The first-order valence-corrected chi connectivity index (χ1v) is 10.6. The Balaban J connectivity index is 1.66. The van der Waals surface area contributed by atoms with Gasteiger partial charge >= 0.3 is 6.09 Å². The summed E-state index contributed by atoms with van der Waals surface area (Å²) in [5, 5.41) is 3.44. The molecular weight excluding hydrogens is 354 g/mol. The molecule has 1 aromatic carbocycles. The number of nitrogens with two attached hydrogens (primary N) is 1. The fraction of sp³-hybridized carbons (Fsp3) is 0.619. The van der Waals surface area contributed by atoms with E-state index < -0.39 is 6.09 Å². The Bertz CT molecular complexity index is 828. The van der Waals surface area contributed by atoms with Gasteiger partial charge in [0.2, 0.25) is 0 Å². The second-order valence-electron chi connectivity index (χ2n) is 7.95. The third-order valence-corrected chi connectivity index (χ3v) is 6.24. The fourth-order valence-corrected chi connectivity index (χ4v) is 4.80. The molecule has 7 heteroatoms. The zero-order valence-corrected chi connectivity index (χ0v) is 16.7. The number of imidazole rings is 1. The number of amides is 1. The molecule has 0 spiro atoms. The first-order chi connectivity index (χ1) is 13.7. The van der Waals surface area contributed by atoms with Crippen LogP contribution in [-0.2, 0) is 6.54 Å². The first-order valence-electron chi connectivity index (χ1n) is 10.6. The number of primary amides is 1. The van der Waals surface area contributed by atoms with Crippen molar-refractivity contribution in [3.05, 3.63) is 24.0 Å². The van der Waals surface area contributed by atoms with Crippen molar-refractivity contribution in [3.8, 4) is 5.75 Å². The van der Waals surface area contributed by atoms with Gasteiger partial charge in [-0.2, -0.15) is 0 Å². The van der Waals surface area contributed by atoms with Gasteiger partial charge in [-0.15, -0.1) is 0 Å². The van der Waals surface area contributed by atoms with Gasteiger partial charge < -0.3 is 20.4 Å². The molecule has 152 valence electrons. The largest absolute Gasteiger partial charge is 0.410 e. The molecule has 4 rings (SSSR count). The number of rotatable bonds is 6. The molecule has 3 heterocycles. The lowest BCUT2D eigenvalue weighted by molar-refractivity contribution is 0.139. The molecule has 2 aromatic rings. The second-order valence-corrected chi connectivity index (χ2v) is 7.95. The van der Waals surface area contributed by atoms with E-state index in [1.807, 2.05) is 6.07 Å². The van der Waals surface area contributed by atoms with Gasteiger partial charge in [-0.1, -0.05) is 19.4 Å².